The highest BCUT2D eigenvalue weighted by Crippen LogP contribution is 2.27. The zero-order chi connectivity index (χ0) is 19.8. The summed E-state index contributed by atoms with van der Waals surface area (Å²) in [6.45, 7) is 1.74. The minimum absolute atomic E-state index is 0.0861. The fraction of sp³-hybridized carbons (Fsp3) is 0.286. The summed E-state index contributed by atoms with van der Waals surface area (Å²) >= 11 is 1.32. The maximum atomic E-state index is 12.4. The standard InChI is InChI=1S/C14H15F3N2O4S3/c1-9-7-13(10(2)24-9)26(22,23)19-11-3-5-12(6-4-11)25(20,21)18-8-14(15,16)17/h3-7,18-19H,8H2,1-2H3. The topological polar surface area (TPSA) is 92.3 Å². The average Bonchev–Trinajstić information content (AvgIpc) is 2.84. The summed E-state index contributed by atoms with van der Waals surface area (Å²) in [5.41, 5.74) is 0.0861. The maximum Gasteiger partial charge on any atom is 0.402 e. The molecule has 6 nitrogen and oxygen atoms in total. The van der Waals surface area contributed by atoms with E-state index in [1.54, 1.807) is 13.8 Å². The van der Waals surface area contributed by atoms with E-state index in [0.29, 0.717) is 4.88 Å². The number of alkyl halides is 3. The van der Waals surface area contributed by atoms with Crippen molar-refractivity contribution in [2.75, 3.05) is 11.3 Å². The molecule has 0 amide bonds. The predicted molar refractivity (Wildman–Crippen MR) is 92.3 cm³/mol. The lowest BCUT2D eigenvalue weighted by molar-refractivity contribution is -0.121. The Bertz CT molecular complexity index is 995. The first-order chi connectivity index (χ1) is 11.8. The SMILES string of the molecule is Cc1cc(S(=O)(=O)Nc2ccc(S(=O)(=O)NCC(F)(F)F)cc2)c(C)s1. The summed E-state index contributed by atoms with van der Waals surface area (Å²) < 4.78 is 88.5. The van der Waals surface area contributed by atoms with Crippen molar-refractivity contribution in [3.05, 3.63) is 40.1 Å². The summed E-state index contributed by atoms with van der Waals surface area (Å²) in [5, 5.41) is 0. The molecule has 2 aromatic rings. The van der Waals surface area contributed by atoms with Gasteiger partial charge < -0.3 is 0 Å². The third kappa shape index (κ3) is 5.19. The van der Waals surface area contributed by atoms with Crippen LogP contribution < -0.4 is 9.44 Å². The molecule has 0 saturated carbocycles. The number of thiophene rings is 1. The van der Waals surface area contributed by atoms with Crippen molar-refractivity contribution in [3.8, 4) is 0 Å². The third-order valence-corrected chi connectivity index (χ3v) is 7.18. The number of sulfonamides is 2. The van der Waals surface area contributed by atoms with Crippen LogP contribution in [-0.4, -0.2) is 29.6 Å². The Morgan fingerprint density at radius 2 is 1.58 bits per heavy atom. The van der Waals surface area contributed by atoms with Crippen molar-refractivity contribution in [1.82, 2.24) is 4.72 Å². The first-order valence-electron chi connectivity index (χ1n) is 7.06. The molecule has 0 aliphatic heterocycles. The molecule has 2 N–H and O–H groups in total. The molecule has 0 radical (unpaired) electrons. The van der Waals surface area contributed by atoms with Gasteiger partial charge in [-0.15, -0.1) is 11.3 Å². The minimum Gasteiger partial charge on any atom is -0.280 e. The van der Waals surface area contributed by atoms with Crippen LogP contribution in [0, 0.1) is 13.8 Å². The second-order valence-corrected chi connectivity index (χ2v) is 10.2. The van der Waals surface area contributed by atoms with Gasteiger partial charge in [-0.3, -0.25) is 4.72 Å². The van der Waals surface area contributed by atoms with Crippen molar-refractivity contribution >= 4 is 37.1 Å². The molecule has 2 rings (SSSR count). The Morgan fingerprint density at radius 3 is 2.04 bits per heavy atom. The lowest BCUT2D eigenvalue weighted by Crippen LogP contribution is -2.33. The quantitative estimate of drug-likeness (QED) is 0.740. The molecule has 1 heterocycles. The molecular weight excluding hydrogens is 413 g/mol. The number of nitrogens with one attached hydrogen (secondary N) is 2. The van der Waals surface area contributed by atoms with Crippen molar-refractivity contribution in [2.24, 2.45) is 0 Å². The average molecular weight is 428 g/mol. The zero-order valence-corrected chi connectivity index (χ0v) is 16.0. The first-order valence-corrected chi connectivity index (χ1v) is 10.8. The molecule has 0 bridgehead atoms. The fourth-order valence-corrected chi connectivity index (χ4v) is 5.68. The van der Waals surface area contributed by atoms with Crippen LogP contribution in [0.5, 0.6) is 0 Å². The van der Waals surface area contributed by atoms with E-state index in [2.05, 4.69) is 4.72 Å². The van der Waals surface area contributed by atoms with Crippen LogP contribution in [0.4, 0.5) is 18.9 Å². The zero-order valence-electron chi connectivity index (χ0n) is 13.6. The molecule has 0 spiro atoms. The van der Waals surface area contributed by atoms with Gasteiger partial charge >= 0.3 is 6.18 Å². The van der Waals surface area contributed by atoms with Gasteiger partial charge in [-0.1, -0.05) is 0 Å². The highest BCUT2D eigenvalue weighted by atomic mass is 32.2. The molecule has 26 heavy (non-hydrogen) atoms. The van der Waals surface area contributed by atoms with Gasteiger partial charge in [-0.05, 0) is 44.2 Å². The largest absolute Gasteiger partial charge is 0.402 e. The number of anilines is 1. The van der Waals surface area contributed by atoms with Crippen LogP contribution in [0.3, 0.4) is 0 Å². The lowest BCUT2D eigenvalue weighted by atomic mass is 10.3. The molecule has 0 unspecified atom stereocenters. The smallest absolute Gasteiger partial charge is 0.280 e. The summed E-state index contributed by atoms with van der Waals surface area (Å²) in [6, 6.07) is 5.87. The Morgan fingerprint density at radius 1 is 1.00 bits per heavy atom. The number of rotatable bonds is 6. The van der Waals surface area contributed by atoms with Crippen molar-refractivity contribution in [2.45, 2.75) is 29.8 Å². The Balaban J connectivity index is 2.18. The summed E-state index contributed by atoms with van der Waals surface area (Å²) in [4.78, 5) is 1.13. The summed E-state index contributed by atoms with van der Waals surface area (Å²) in [6.07, 6.45) is -4.68. The van der Waals surface area contributed by atoms with Crippen molar-refractivity contribution in [1.29, 1.82) is 0 Å². The number of benzene rings is 1. The van der Waals surface area contributed by atoms with Gasteiger partial charge in [0, 0.05) is 15.4 Å². The first kappa shape index (κ1) is 20.7. The van der Waals surface area contributed by atoms with Crippen LogP contribution in [0.25, 0.3) is 0 Å². The van der Waals surface area contributed by atoms with Gasteiger partial charge in [0.05, 0.1) is 4.90 Å². The number of hydrogen-bond acceptors (Lipinski definition) is 5. The van der Waals surface area contributed by atoms with Crippen LogP contribution in [0.2, 0.25) is 0 Å². The minimum atomic E-state index is -4.68. The monoisotopic (exact) mass is 428 g/mol. The lowest BCUT2D eigenvalue weighted by Gasteiger charge is -2.11. The fourth-order valence-electron chi connectivity index (χ4n) is 2.05. The molecule has 144 valence electrons. The summed E-state index contributed by atoms with van der Waals surface area (Å²) in [5.74, 6) is 0. The van der Waals surface area contributed by atoms with E-state index in [1.165, 1.54) is 22.1 Å². The molecule has 12 heteroatoms. The molecule has 0 aliphatic rings. The normalized spacial score (nSPS) is 13.0. The molecule has 0 saturated heterocycles. The van der Waals surface area contributed by atoms with Gasteiger partial charge in [0.25, 0.3) is 10.0 Å². The van der Waals surface area contributed by atoms with Gasteiger partial charge in [0.15, 0.2) is 0 Å². The second kappa shape index (κ2) is 7.18. The highest BCUT2D eigenvalue weighted by Gasteiger charge is 2.30. The van der Waals surface area contributed by atoms with Crippen LogP contribution in [-0.2, 0) is 20.0 Å². The van der Waals surface area contributed by atoms with Crippen LogP contribution >= 0.6 is 11.3 Å². The third-order valence-electron chi connectivity index (χ3n) is 3.16. The predicted octanol–water partition coefficient (Wildman–Crippen LogP) is 3.01. The van der Waals surface area contributed by atoms with E-state index in [4.69, 9.17) is 0 Å². The van der Waals surface area contributed by atoms with Gasteiger partial charge in [0.2, 0.25) is 10.0 Å². The second-order valence-electron chi connectivity index (χ2n) is 5.35. The number of hydrogen-bond donors (Lipinski definition) is 2. The van der Waals surface area contributed by atoms with E-state index >= 15 is 0 Å². The van der Waals surface area contributed by atoms with Crippen LogP contribution in [0.15, 0.2) is 40.1 Å². The van der Waals surface area contributed by atoms with E-state index in [0.717, 1.165) is 29.1 Å². The molecular formula is C14H15F3N2O4S3. The number of aryl methyl sites for hydroxylation is 2. The van der Waals surface area contributed by atoms with Crippen molar-refractivity contribution in [3.63, 3.8) is 0 Å². The molecule has 0 aliphatic carbocycles. The summed E-state index contributed by atoms with van der Waals surface area (Å²) in [7, 11) is -8.21. The van der Waals surface area contributed by atoms with E-state index in [-0.39, 0.29) is 10.6 Å². The van der Waals surface area contributed by atoms with Crippen LogP contribution in [0.1, 0.15) is 9.75 Å². The highest BCUT2D eigenvalue weighted by molar-refractivity contribution is 7.93. The van der Waals surface area contributed by atoms with Gasteiger partial charge in [-0.2, -0.15) is 13.2 Å². The van der Waals surface area contributed by atoms with Crippen molar-refractivity contribution < 1.29 is 30.0 Å². The molecule has 1 aromatic carbocycles. The van der Waals surface area contributed by atoms with E-state index in [9.17, 15) is 30.0 Å². The Labute approximate surface area is 153 Å². The van der Waals surface area contributed by atoms with E-state index in [1.807, 2.05) is 0 Å². The van der Waals surface area contributed by atoms with Gasteiger partial charge in [0.1, 0.15) is 11.4 Å². The van der Waals surface area contributed by atoms with E-state index < -0.39 is 37.7 Å². The molecule has 0 fully saturated rings. The Hall–Kier alpha value is -1.63. The maximum absolute atomic E-state index is 12.4. The molecule has 0 atom stereocenters. The molecule has 1 aromatic heterocycles. The number of halogens is 3. The van der Waals surface area contributed by atoms with Gasteiger partial charge in [-0.25, -0.2) is 21.6 Å². The Kier molecular flexibility index (Phi) is 5.71.